The molecule has 1 atom stereocenters. The Morgan fingerprint density at radius 3 is 2.58 bits per heavy atom. The number of fused-ring (bicyclic) bond motifs is 1. The molecule has 2 fully saturated rings. The Hall–Kier alpha value is -3.32. The van der Waals surface area contributed by atoms with Crippen LogP contribution in [0.5, 0.6) is 0 Å². The molecule has 0 bridgehead atoms. The molecule has 3 heterocycles. The van der Waals surface area contributed by atoms with E-state index in [2.05, 4.69) is 10.6 Å². The first-order chi connectivity index (χ1) is 20.7. The van der Waals surface area contributed by atoms with Crippen LogP contribution in [0.25, 0.3) is 22.4 Å². The van der Waals surface area contributed by atoms with Crippen LogP contribution in [-0.2, 0) is 27.3 Å². The molecule has 1 amide bonds. The first-order valence-electron chi connectivity index (χ1n) is 14.9. The zero-order valence-corrected chi connectivity index (χ0v) is 25.8. The SMILES string of the molecule is CCOC(=O)OC1(CCCN(Cc2nc3oc(-c4ccc(C)cc4)c(C(=O)NC)c3cc2C2CC2)S(=O)O)CCNCC1. The van der Waals surface area contributed by atoms with E-state index < -0.39 is 23.0 Å². The lowest BCUT2D eigenvalue weighted by Gasteiger charge is -2.37. The topological polar surface area (TPSA) is 143 Å². The lowest BCUT2D eigenvalue weighted by molar-refractivity contribution is -0.0559. The number of piperidine rings is 1. The van der Waals surface area contributed by atoms with Gasteiger partial charge in [0.1, 0.15) is 11.4 Å². The summed E-state index contributed by atoms with van der Waals surface area (Å²) >= 11 is -2.26. The van der Waals surface area contributed by atoms with E-state index in [0.717, 1.165) is 42.6 Å². The third-order valence-electron chi connectivity index (χ3n) is 8.24. The average Bonchev–Trinajstić information content (AvgIpc) is 3.77. The first kappa shape index (κ1) is 31.1. The van der Waals surface area contributed by atoms with Gasteiger partial charge in [-0.2, -0.15) is 4.31 Å². The van der Waals surface area contributed by atoms with Gasteiger partial charge in [-0.3, -0.25) is 9.35 Å². The van der Waals surface area contributed by atoms with Crippen molar-refractivity contribution in [2.24, 2.45) is 0 Å². The minimum Gasteiger partial charge on any atom is -0.437 e. The standard InChI is InChI=1S/C31H40N4O7S/c1-4-40-30(37)42-31(13-15-33-16-14-31)12-5-17-35(43(38)39)19-25-23(21-10-11-21)18-24-26(28(36)32-3)27(41-29(24)34-25)22-8-6-20(2)7-9-22/h6-9,18,21,33H,4-5,10-17,19H2,1-3H3,(H,32,36)(H,38,39). The van der Waals surface area contributed by atoms with Crippen LogP contribution in [0.4, 0.5) is 4.79 Å². The van der Waals surface area contributed by atoms with Crippen LogP contribution in [0.15, 0.2) is 34.7 Å². The molecule has 3 aromatic rings. The van der Waals surface area contributed by atoms with Crippen LogP contribution in [-0.4, -0.2) is 69.0 Å². The molecule has 1 unspecified atom stereocenters. The quantitative estimate of drug-likeness (QED) is 0.189. The largest absolute Gasteiger partial charge is 0.508 e. The van der Waals surface area contributed by atoms with Gasteiger partial charge in [-0.25, -0.2) is 14.0 Å². The van der Waals surface area contributed by atoms with Crippen LogP contribution >= 0.6 is 0 Å². The Labute approximate surface area is 254 Å². The summed E-state index contributed by atoms with van der Waals surface area (Å²) in [7, 11) is 1.59. The number of nitrogens with zero attached hydrogens (tertiary/aromatic N) is 2. The summed E-state index contributed by atoms with van der Waals surface area (Å²) in [5.41, 5.74) is 3.55. The Balaban J connectivity index is 1.41. The van der Waals surface area contributed by atoms with Crippen LogP contribution in [0.1, 0.15) is 78.5 Å². The van der Waals surface area contributed by atoms with Crippen molar-refractivity contribution in [1.29, 1.82) is 0 Å². The van der Waals surface area contributed by atoms with Gasteiger partial charge in [0.15, 0.2) is 0 Å². The maximum absolute atomic E-state index is 13.1. The number of amides is 1. The zero-order valence-electron chi connectivity index (χ0n) is 24.9. The number of carbonyl (C=O) groups is 2. The molecule has 2 aromatic heterocycles. The minimum atomic E-state index is -2.26. The van der Waals surface area contributed by atoms with Gasteiger partial charge in [-0.15, -0.1) is 0 Å². The van der Waals surface area contributed by atoms with Gasteiger partial charge >= 0.3 is 6.16 Å². The highest BCUT2D eigenvalue weighted by molar-refractivity contribution is 7.76. The third kappa shape index (κ3) is 7.26. The summed E-state index contributed by atoms with van der Waals surface area (Å²) in [6.45, 7) is 5.83. The summed E-state index contributed by atoms with van der Waals surface area (Å²) in [5.74, 6) is 0.449. The van der Waals surface area contributed by atoms with Gasteiger partial charge in [-0.05, 0) is 83.0 Å². The lowest BCUT2D eigenvalue weighted by Crippen LogP contribution is -2.45. The van der Waals surface area contributed by atoms with Gasteiger partial charge in [0.05, 0.1) is 29.8 Å². The fourth-order valence-corrected chi connectivity index (χ4v) is 6.29. The average molecular weight is 613 g/mol. The summed E-state index contributed by atoms with van der Waals surface area (Å²) in [5, 5.41) is 6.64. The van der Waals surface area contributed by atoms with E-state index in [9.17, 15) is 18.4 Å². The number of ether oxygens (including phenoxy) is 2. The van der Waals surface area contributed by atoms with E-state index in [4.69, 9.17) is 18.9 Å². The number of aromatic nitrogens is 1. The molecule has 1 aliphatic heterocycles. The predicted octanol–water partition coefficient (Wildman–Crippen LogP) is 5.05. The Bertz CT molecular complexity index is 1480. The maximum atomic E-state index is 13.1. The molecule has 43 heavy (non-hydrogen) atoms. The normalized spacial score (nSPS) is 17.1. The summed E-state index contributed by atoms with van der Waals surface area (Å²) in [4.78, 5) is 30.1. The van der Waals surface area contributed by atoms with Gasteiger partial charge in [-0.1, -0.05) is 29.8 Å². The van der Waals surface area contributed by atoms with Crippen molar-refractivity contribution in [3.63, 3.8) is 0 Å². The van der Waals surface area contributed by atoms with E-state index in [1.54, 1.807) is 14.0 Å². The van der Waals surface area contributed by atoms with Crippen molar-refractivity contribution in [2.45, 2.75) is 70.4 Å². The van der Waals surface area contributed by atoms with Gasteiger partial charge in [0.25, 0.3) is 5.91 Å². The third-order valence-corrected chi connectivity index (χ3v) is 9.00. The zero-order chi connectivity index (χ0) is 30.6. The number of hydrogen-bond acceptors (Lipinski definition) is 8. The van der Waals surface area contributed by atoms with Crippen LogP contribution in [0.3, 0.4) is 0 Å². The summed E-state index contributed by atoms with van der Waals surface area (Å²) in [6, 6.07) is 9.73. The number of nitrogens with one attached hydrogen (secondary N) is 2. The van der Waals surface area contributed by atoms with Crippen molar-refractivity contribution in [3.8, 4) is 11.3 Å². The highest BCUT2D eigenvalue weighted by Crippen LogP contribution is 2.44. The van der Waals surface area contributed by atoms with Crippen molar-refractivity contribution in [2.75, 3.05) is 33.3 Å². The van der Waals surface area contributed by atoms with Crippen molar-refractivity contribution < 1.29 is 32.2 Å². The smallest absolute Gasteiger partial charge is 0.437 e. The Morgan fingerprint density at radius 1 is 1.23 bits per heavy atom. The fourth-order valence-electron chi connectivity index (χ4n) is 5.77. The van der Waals surface area contributed by atoms with Crippen LogP contribution < -0.4 is 10.6 Å². The second-order valence-corrected chi connectivity index (χ2v) is 12.3. The minimum absolute atomic E-state index is 0.133. The number of hydrogen-bond donors (Lipinski definition) is 3. The number of aryl methyl sites for hydroxylation is 1. The molecular weight excluding hydrogens is 572 g/mol. The summed E-state index contributed by atoms with van der Waals surface area (Å²) in [6.07, 6.45) is 3.66. The molecule has 0 spiro atoms. The van der Waals surface area contributed by atoms with E-state index in [0.29, 0.717) is 60.3 Å². The molecule has 1 saturated carbocycles. The van der Waals surface area contributed by atoms with E-state index in [1.165, 1.54) is 4.31 Å². The van der Waals surface area contributed by atoms with Crippen LogP contribution in [0.2, 0.25) is 0 Å². The number of furan rings is 1. The van der Waals surface area contributed by atoms with E-state index in [1.807, 2.05) is 37.3 Å². The predicted molar refractivity (Wildman–Crippen MR) is 163 cm³/mol. The highest BCUT2D eigenvalue weighted by atomic mass is 32.2. The number of benzene rings is 1. The van der Waals surface area contributed by atoms with Gasteiger partial charge in [0.2, 0.25) is 17.0 Å². The van der Waals surface area contributed by atoms with E-state index >= 15 is 0 Å². The van der Waals surface area contributed by atoms with Crippen molar-refractivity contribution >= 4 is 34.4 Å². The van der Waals surface area contributed by atoms with Crippen molar-refractivity contribution in [3.05, 3.63) is 52.7 Å². The second-order valence-electron chi connectivity index (χ2n) is 11.3. The molecule has 5 rings (SSSR count). The number of pyridine rings is 1. The van der Waals surface area contributed by atoms with Crippen LogP contribution in [0, 0.1) is 6.92 Å². The Kier molecular flexibility index (Phi) is 9.80. The van der Waals surface area contributed by atoms with E-state index in [-0.39, 0.29) is 25.0 Å². The second kappa shape index (κ2) is 13.5. The monoisotopic (exact) mass is 612 g/mol. The molecule has 1 aliphatic carbocycles. The fraction of sp³-hybridized carbons (Fsp3) is 0.516. The maximum Gasteiger partial charge on any atom is 0.508 e. The van der Waals surface area contributed by atoms with Gasteiger partial charge < -0.3 is 24.5 Å². The molecule has 12 heteroatoms. The lowest BCUT2D eigenvalue weighted by atomic mass is 9.87. The molecule has 11 nitrogen and oxygen atoms in total. The molecule has 1 saturated heterocycles. The van der Waals surface area contributed by atoms with Crippen molar-refractivity contribution in [1.82, 2.24) is 19.9 Å². The molecule has 0 radical (unpaired) electrons. The first-order valence-corrected chi connectivity index (χ1v) is 16.0. The summed E-state index contributed by atoms with van der Waals surface area (Å²) < 4.78 is 41.2. The molecular formula is C31H40N4O7S. The molecule has 232 valence electrons. The number of carbonyl (C=O) groups excluding carboxylic acids is 2. The molecule has 2 aliphatic rings. The Morgan fingerprint density at radius 2 is 1.95 bits per heavy atom. The molecule has 1 aromatic carbocycles. The highest BCUT2D eigenvalue weighted by Gasteiger charge is 2.37. The van der Waals surface area contributed by atoms with Gasteiger partial charge in [0, 0.05) is 19.2 Å². The number of rotatable bonds is 12. The molecule has 3 N–H and O–H groups in total.